The monoisotopic (exact) mass is 344 g/mol. The highest BCUT2D eigenvalue weighted by molar-refractivity contribution is 6.74. The standard InChI is InChI=1S/C14H31F3O2Si2/c1-7-20(8-2,9-3)18-13(14(15,16)17)19-21(10-4,11-5)12-6/h13H,7-12H2,1-6H3. The fourth-order valence-electron chi connectivity index (χ4n) is 2.61. The fourth-order valence-corrected chi connectivity index (χ4v) is 7.98. The van der Waals surface area contributed by atoms with Gasteiger partial charge >= 0.3 is 6.18 Å². The van der Waals surface area contributed by atoms with Crippen LogP contribution in [0.15, 0.2) is 0 Å². The zero-order chi connectivity index (χ0) is 16.7. The molecule has 0 unspecified atom stereocenters. The SMILES string of the molecule is CC[Si](CC)(CC)OC(O[Si](CC)(CC)CC)C(F)(F)F. The molecule has 0 aliphatic rings. The van der Waals surface area contributed by atoms with Crippen molar-refractivity contribution in [2.24, 2.45) is 0 Å². The zero-order valence-electron chi connectivity index (χ0n) is 14.3. The molecule has 21 heavy (non-hydrogen) atoms. The van der Waals surface area contributed by atoms with Crippen LogP contribution in [0.4, 0.5) is 13.2 Å². The lowest BCUT2D eigenvalue weighted by molar-refractivity contribution is -0.262. The predicted octanol–water partition coefficient (Wildman–Crippen LogP) is 5.92. The summed E-state index contributed by atoms with van der Waals surface area (Å²) >= 11 is 0. The Bertz CT molecular complexity index is 252. The van der Waals surface area contributed by atoms with E-state index in [-0.39, 0.29) is 0 Å². The van der Waals surface area contributed by atoms with Crippen molar-refractivity contribution in [3.8, 4) is 0 Å². The molecule has 0 N–H and O–H groups in total. The molecule has 0 aromatic heterocycles. The molecule has 0 aromatic carbocycles. The van der Waals surface area contributed by atoms with E-state index in [9.17, 15) is 13.2 Å². The fraction of sp³-hybridized carbons (Fsp3) is 1.00. The van der Waals surface area contributed by atoms with Crippen LogP contribution in [0.1, 0.15) is 41.5 Å². The summed E-state index contributed by atoms with van der Waals surface area (Å²) in [5, 5.41) is 0. The smallest absolute Gasteiger partial charge is 0.386 e. The van der Waals surface area contributed by atoms with Crippen LogP contribution >= 0.6 is 0 Å². The summed E-state index contributed by atoms with van der Waals surface area (Å²) in [4.78, 5) is 0. The van der Waals surface area contributed by atoms with Gasteiger partial charge in [-0.3, -0.25) is 0 Å². The molecule has 0 atom stereocenters. The lowest BCUT2D eigenvalue weighted by Gasteiger charge is -2.39. The van der Waals surface area contributed by atoms with E-state index in [0.29, 0.717) is 36.3 Å². The first-order valence-corrected chi connectivity index (χ1v) is 13.2. The summed E-state index contributed by atoms with van der Waals surface area (Å²) < 4.78 is 51.5. The molecule has 0 spiro atoms. The van der Waals surface area contributed by atoms with Gasteiger partial charge < -0.3 is 8.85 Å². The molecule has 0 amide bonds. The molecule has 0 bridgehead atoms. The van der Waals surface area contributed by atoms with E-state index in [2.05, 4.69) is 0 Å². The highest BCUT2D eigenvalue weighted by Gasteiger charge is 2.50. The number of rotatable bonds is 10. The Morgan fingerprint density at radius 1 is 0.667 bits per heavy atom. The Kier molecular flexibility index (Phi) is 8.75. The van der Waals surface area contributed by atoms with Crippen molar-refractivity contribution in [2.45, 2.75) is 90.3 Å². The van der Waals surface area contributed by atoms with Gasteiger partial charge in [0.15, 0.2) is 16.6 Å². The highest BCUT2D eigenvalue weighted by atomic mass is 28.4. The van der Waals surface area contributed by atoms with Crippen LogP contribution in [-0.2, 0) is 8.85 Å². The van der Waals surface area contributed by atoms with E-state index in [1.54, 1.807) is 0 Å². The largest absolute Gasteiger partial charge is 0.438 e. The van der Waals surface area contributed by atoms with Crippen LogP contribution in [0.25, 0.3) is 0 Å². The predicted molar refractivity (Wildman–Crippen MR) is 86.4 cm³/mol. The van der Waals surface area contributed by atoms with Gasteiger partial charge in [-0.1, -0.05) is 41.5 Å². The highest BCUT2D eigenvalue weighted by Crippen LogP contribution is 2.35. The summed E-state index contributed by atoms with van der Waals surface area (Å²) in [6.45, 7) is 11.6. The van der Waals surface area contributed by atoms with Crippen molar-refractivity contribution < 1.29 is 22.0 Å². The van der Waals surface area contributed by atoms with Gasteiger partial charge in [0.25, 0.3) is 0 Å². The first-order valence-electron chi connectivity index (χ1n) is 8.10. The third-order valence-electron chi connectivity index (χ3n) is 4.85. The molecule has 0 heterocycles. The minimum absolute atomic E-state index is 0.689. The third-order valence-corrected chi connectivity index (χ3v) is 14.0. The van der Waals surface area contributed by atoms with Crippen LogP contribution in [0.3, 0.4) is 0 Å². The van der Waals surface area contributed by atoms with Crippen molar-refractivity contribution in [2.75, 3.05) is 0 Å². The van der Waals surface area contributed by atoms with E-state index in [1.807, 2.05) is 41.5 Å². The lowest BCUT2D eigenvalue weighted by atomic mass is 10.6. The van der Waals surface area contributed by atoms with Crippen molar-refractivity contribution in [1.82, 2.24) is 0 Å². The van der Waals surface area contributed by atoms with Crippen molar-refractivity contribution in [3.63, 3.8) is 0 Å². The second-order valence-electron chi connectivity index (χ2n) is 5.60. The van der Waals surface area contributed by atoms with Gasteiger partial charge in [0.05, 0.1) is 0 Å². The maximum atomic E-state index is 13.4. The van der Waals surface area contributed by atoms with Gasteiger partial charge in [0, 0.05) is 0 Å². The van der Waals surface area contributed by atoms with E-state index < -0.39 is 29.1 Å². The minimum Gasteiger partial charge on any atom is -0.386 e. The average molecular weight is 345 g/mol. The Morgan fingerprint density at radius 2 is 0.905 bits per heavy atom. The van der Waals surface area contributed by atoms with Gasteiger partial charge in [-0.25, -0.2) is 0 Å². The summed E-state index contributed by atoms with van der Waals surface area (Å²) in [6, 6.07) is 4.14. The van der Waals surface area contributed by atoms with Gasteiger partial charge in [-0.2, -0.15) is 13.2 Å². The summed E-state index contributed by atoms with van der Waals surface area (Å²) in [6.07, 6.45) is -6.48. The van der Waals surface area contributed by atoms with E-state index in [4.69, 9.17) is 8.85 Å². The zero-order valence-corrected chi connectivity index (χ0v) is 16.3. The normalized spacial score (nSPS) is 14.0. The Hall–Kier alpha value is 0.144. The van der Waals surface area contributed by atoms with E-state index in [0.717, 1.165) is 0 Å². The number of alkyl halides is 3. The molecule has 0 aromatic rings. The van der Waals surface area contributed by atoms with Gasteiger partial charge in [0.1, 0.15) is 0 Å². The summed E-state index contributed by atoms with van der Waals surface area (Å²) in [5.41, 5.74) is 0. The second kappa shape index (κ2) is 8.69. The molecule has 128 valence electrons. The second-order valence-corrected chi connectivity index (χ2v) is 15.0. The van der Waals surface area contributed by atoms with Crippen molar-refractivity contribution in [3.05, 3.63) is 0 Å². The van der Waals surface area contributed by atoms with Crippen LogP contribution in [-0.4, -0.2) is 29.1 Å². The number of halogens is 3. The molecule has 0 aliphatic carbocycles. The van der Waals surface area contributed by atoms with Crippen molar-refractivity contribution in [1.29, 1.82) is 0 Å². The first kappa shape index (κ1) is 21.1. The Balaban J connectivity index is 5.32. The topological polar surface area (TPSA) is 18.5 Å². The number of hydrogen-bond donors (Lipinski definition) is 0. The maximum Gasteiger partial charge on any atom is 0.438 e. The van der Waals surface area contributed by atoms with Crippen LogP contribution in [0, 0.1) is 0 Å². The lowest BCUT2D eigenvalue weighted by Crippen LogP contribution is -2.52. The van der Waals surface area contributed by atoms with E-state index >= 15 is 0 Å². The molecule has 0 fully saturated rings. The maximum absolute atomic E-state index is 13.4. The van der Waals surface area contributed by atoms with E-state index in [1.165, 1.54) is 0 Å². The molecule has 0 radical (unpaired) electrons. The average Bonchev–Trinajstić information content (AvgIpc) is 2.48. The first-order chi connectivity index (χ1) is 9.68. The molecule has 0 saturated carbocycles. The van der Waals surface area contributed by atoms with Gasteiger partial charge in [0.2, 0.25) is 6.29 Å². The number of hydrogen-bond acceptors (Lipinski definition) is 2. The molecule has 0 aliphatic heterocycles. The Morgan fingerprint density at radius 3 is 1.05 bits per heavy atom. The summed E-state index contributed by atoms with van der Waals surface area (Å²) in [5.74, 6) is 0. The molecule has 7 heteroatoms. The third kappa shape index (κ3) is 5.69. The van der Waals surface area contributed by atoms with Gasteiger partial charge in [-0.15, -0.1) is 0 Å². The summed E-state index contributed by atoms with van der Waals surface area (Å²) in [7, 11) is -4.70. The van der Waals surface area contributed by atoms with Gasteiger partial charge in [-0.05, 0) is 36.3 Å². The minimum atomic E-state index is -4.45. The van der Waals surface area contributed by atoms with Crippen LogP contribution < -0.4 is 0 Å². The van der Waals surface area contributed by atoms with Crippen molar-refractivity contribution >= 4 is 16.6 Å². The van der Waals surface area contributed by atoms with Crippen LogP contribution in [0.2, 0.25) is 36.3 Å². The molecule has 0 saturated heterocycles. The molecule has 0 rings (SSSR count). The quantitative estimate of drug-likeness (QED) is 0.362. The Labute approximate surface area is 129 Å². The van der Waals surface area contributed by atoms with Crippen LogP contribution in [0.5, 0.6) is 0 Å². The molecular weight excluding hydrogens is 313 g/mol. The molecular formula is C14H31F3O2Si2. The molecule has 2 nitrogen and oxygen atoms in total.